The first-order chi connectivity index (χ1) is 8.74. The van der Waals surface area contributed by atoms with Crippen LogP contribution in [-0.2, 0) is 4.74 Å². The predicted octanol–water partition coefficient (Wildman–Crippen LogP) is 0.941. The van der Waals surface area contributed by atoms with Gasteiger partial charge >= 0.3 is 0 Å². The molecule has 1 aromatic rings. The molecule has 0 saturated carbocycles. The highest BCUT2D eigenvalue weighted by Crippen LogP contribution is 2.11. The second-order valence-electron chi connectivity index (χ2n) is 4.52. The van der Waals surface area contributed by atoms with Gasteiger partial charge in [-0.2, -0.15) is 0 Å². The molecule has 1 aliphatic heterocycles. The van der Waals surface area contributed by atoms with Crippen LogP contribution in [-0.4, -0.2) is 55.6 Å². The van der Waals surface area contributed by atoms with Crippen molar-refractivity contribution in [3.63, 3.8) is 0 Å². The number of rotatable bonds is 5. The topological polar surface area (TPSA) is 41.9 Å². The average Bonchev–Trinajstić information content (AvgIpc) is 2.39. The summed E-state index contributed by atoms with van der Waals surface area (Å²) in [6.07, 6.45) is -0.470. The zero-order valence-corrected chi connectivity index (χ0v) is 10.5. The fourth-order valence-corrected chi connectivity index (χ4v) is 1.91. The number of hydrogen-bond donors (Lipinski definition) is 1. The Labute approximate surface area is 108 Å². The summed E-state index contributed by atoms with van der Waals surface area (Å²) < 4.78 is 10.8. The first-order valence-electron chi connectivity index (χ1n) is 6.27. The Hall–Kier alpha value is -1.10. The van der Waals surface area contributed by atoms with E-state index in [1.54, 1.807) is 0 Å². The molecule has 1 aromatic carbocycles. The quantitative estimate of drug-likeness (QED) is 0.844. The number of β-amino-alcohol motifs (C(OH)–C–C–N with tert-alkyl or cyclic N) is 1. The lowest BCUT2D eigenvalue weighted by Gasteiger charge is -2.28. The summed E-state index contributed by atoms with van der Waals surface area (Å²) in [5.41, 5.74) is 0.955. The van der Waals surface area contributed by atoms with Gasteiger partial charge in [0.2, 0.25) is 0 Å². The van der Waals surface area contributed by atoms with Crippen molar-refractivity contribution in [2.24, 2.45) is 0 Å². The first kappa shape index (κ1) is 13.3. The van der Waals surface area contributed by atoms with E-state index in [1.807, 2.05) is 24.3 Å². The van der Waals surface area contributed by atoms with Crippen molar-refractivity contribution in [2.75, 3.05) is 39.5 Å². The minimum Gasteiger partial charge on any atom is -0.491 e. The molecule has 1 fully saturated rings. The Bertz CT molecular complexity index is 347. The van der Waals surface area contributed by atoms with Crippen molar-refractivity contribution in [1.29, 1.82) is 0 Å². The molecular formula is C14H20NO3. The Kier molecular flexibility index (Phi) is 4.99. The number of benzene rings is 1. The van der Waals surface area contributed by atoms with Crippen LogP contribution in [0.2, 0.25) is 0 Å². The maximum atomic E-state index is 9.90. The van der Waals surface area contributed by atoms with Crippen molar-refractivity contribution >= 4 is 0 Å². The number of aliphatic hydroxyl groups is 1. The third-order valence-corrected chi connectivity index (χ3v) is 2.94. The zero-order valence-electron chi connectivity index (χ0n) is 10.5. The van der Waals surface area contributed by atoms with Gasteiger partial charge in [0, 0.05) is 19.6 Å². The van der Waals surface area contributed by atoms with E-state index < -0.39 is 6.10 Å². The minimum atomic E-state index is -0.470. The molecule has 1 atom stereocenters. The van der Waals surface area contributed by atoms with E-state index in [4.69, 9.17) is 9.47 Å². The Morgan fingerprint density at radius 1 is 1.28 bits per heavy atom. The number of ether oxygens (including phenoxy) is 2. The molecule has 1 radical (unpaired) electrons. The summed E-state index contributed by atoms with van der Waals surface area (Å²) in [7, 11) is 0. The highest BCUT2D eigenvalue weighted by molar-refractivity contribution is 5.28. The molecule has 4 nitrogen and oxygen atoms in total. The first-order valence-corrected chi connectivity index (χ1v) is 6.27. The van der Waals surface area contributed by atoms with E-state index in [0.29, 0.717) is 13.2 Å². The van der Waals surface area contributed by atoms with Crippen LogP contribution >= 0.6 is 0 Å². The monoisotopic (exact) mass is 250 g/mol. The Morgan fingerprint density at radius 2 is 1.94 bits per heavy atom. The van der Waals surface area contributed by atoms with Crippen LogP contribution in [0.3, 0.4) is 0 Å². The van der Waals surface area contributed by atoms with Gasteiger partial charge in [0.05, 0.1) is 13.2 Å². The molecule has 4 heteroatoms. The number of hydrogen-bond acceptors (Lipinski definition) is 4. The zero-order chi connectivity index (χ0) is 12.8. The van der Waals surface area contributed by atoms with Crippen LogP contribution in [0.25, 0.3) is 0 Å². The summed E-state index contributed by atoms with van der Waals surface area (Å²) in [6, 6.07) is 7.51. The van der Waals surface area contributed by atoms with Crippen molar-refractivity contribution in [2.45, 2.75) is 6.10 Å². The van der Waals surface area contributed by atoms with Gasteiger partial charge in [0.15, 0.2) is 0 Å². The van der Waals surface area contributed by atoms with Gasteiger partial charge in [-0.15, -0.1) is 0 Å². The molecule has 1 unspecified atom stereocenters. The maximum absolute atomic E-state index is 9.90. The Balaban J connectivity index is 1.70. The number of morpholine rings is 1. The van der Waals surface area contributed by atoms with E-state index in [0.717, 1.165) is 37.6 Å². The largest absolute Gasteiger partial charge is 0.491 e. The minimum absolute atomic E-state index is 0.313. The Morgan fingerprint density at radius 3 is 2.61 bits per heavy atom. The standard InChI is InChI=1S/C14H20NO3/c1-12-2-4-14(5-3-12)18-11-13(16)10-15-6-8-17-9-7-15/h2-5,13,16H,1,6-11H2. The summed E-state index contributed by atoms with van der Waals surface area (Å²) in [5.74, 6) is 0.767. The number of aliphatic hydroxyl groups excluding tert-OH is 1. The summed E-state index contributed by atoms with van der Waals surface area (Å²) in [4.78, 5) is 2.19. The molecule has 1 saturated heterocycles. The van der Waals surface area contributed by atoms with Crippen molar-refractivity contribution in [3.8, 4) is 5.75 Å². The van der Waals surface area contributed by atoms with Gasteiger partial charge in [-0.1, -0.05) is 12.1 Å². The summed E-state index contributed by atoms with van der Waals surface area (Å²) >= 11 is 0. The molecule has 0 spiro atoms. The van der Waals surface area contributed by atoms with Gasteiger partial charge in [-0.25, -0.2) is 0 Å². The maximum Gasteiger partial charge on any atom is 0.119 e. The second kappa shape index (κ2) is 6.73. The van der Waals surface area contributed by atoms with Gasteiger partial charge in [0.1, 0.15) is 18.5 Å². The SMILES string of the molecule is [CH2]c1ccc(OCC(O)CN2CCOCC2)cc1. The van der Waals surface area contributed by atoms with Crippen molar-refractivity contribution < 1.29 is 14.6 Å². The smallest absolute Gasteiger partial charge is 0.119 e. The summed E-state index contributed by atoms with van der Waals surface area (Å²) in [5, 5.41) is 9.90. The van der Waals surface area contributed by atoms with E-state index in [1.165, 1.54) is 0 Å². The molecule has 18 heavy (non-hydrogen) atoms. The van der Waals surface area contributed by atoms with Crippen LogP contribution in [0.5, 0.6) is 5.75 Å². The lowest BCUT2D eigenvalue weighted by Crippen LogP contribution is -2.42. The highest BCUT2D eigenvalue weighted by Gasteiger charge is 2.15. The van der Waals surface area contributed by atoms with E-state index in [2.05, 4.69) is 11.8 Å². The van der Waals surface area contributed by atoms with Crippen LogP contribution in [0, 0.1) is 6.92 Å². The third kappa shape index (κ3) is 4.29. The van der Waals surface area contributed by atoms with Crippen LogP contribution < -0.4 is 4.74 Å². The fourth-order valence-electron chi connectivity index (χ4n) is 1.91. The average molecular weight is 250 g/mol. The fraction of sp³-hybridized carbons (Fsp3) is 0.500. The molecule has 99 valence electrons. The molecule has 1 N–H and O–H groups in total. The normalized spacial score (nSPS) is 18.6. The van der Waals surface area contributed by atoms with Crippen LogP contribution in [0.15, 0.2) is 24.3 Å². The molecule has 0 bridgehead atoms. The van der Waals surface area contributed by atoms with Crippen molar-refractivity contribution in [1.82, 2.24) is 4.90 Å². The van der Waals surface area contributed by atoms with Crippen molar-refractivity contribution in [3.05, 3.63) is 36.8 Å². The molecule has 2 rings (SSSR count). The molecule has 1 aliphatic rings. The number of nitrogens with zero attached hydrogens (tertiary/aromatic N) is 1. The second-order valence-corrected chi connectivity index (χ2v) is 4.52. The van der Waals surface area contributed by atoms with Gasteiger partial charge < -0.3 is 14.6 Å². The van der Waals surface area contributed by atoms with E-state index in [-0.39, 0.29) is 0 Å². The molecular weight excluding hydrogens is 230 g/mol. The van der Waals surface area contributed by atoms with Crippen LogP contribution in [0.4, 0.5) is 0 Å². The van der Waals surface area contributed by atoms with Gasteiger partial charge in [-0.3, -0.25) is 4.90 Å². The van der Waals surface area contributed by atoms with Crippen LogP contribution in [0.1, 0.15) is 5.56 Å². The lowest BCUT2D eigenvalue weighted by molar-refractivity contribution is 0.00465. The predicted molar refractivity (Wildman–Crippen MR) is 69.7 cm³/mol. The highest BCUT2D eigenvalue weighted by atomic mass is 16.5. The lowest BCUT2D eigenvalue weighted by atomic mass is 10.2. The summed E-state index contributed by atoms with van der Waals surface area (Å²) in [6.45, 7) is 8.02. The molecule has 0 aliphatic carbocycles. The third-order valence-electron chi connectivity index (χ3n) is 2.94. The van der Waals surface area contributed by atoms with Gasteiger partial charge in [-0.05, 0) is 24.6 Å². The van der Waals surface area contributed by atoms with E-state index in [9.17, 15) is 5.11 Å². The molecule has 0 aromatic heterocycles. The molecule has 1 heterocycles. The van der Waals surface area contributed by atoms with E-state index >= 15 is 0 Å². The molecule has 0 amide bonds. The van der Waals surface area contributed by atoms with Gasteiger partial charge in [0.25, 0.3) is 0 Å².